The standard InChI is InChI=1S/C20H14N4O2S/c25-24(26)18-13-11-15(12-14-18)19-23(17-9-5-2-6-10-17)22-20(27-19)21-16-7-3-1-4-8-16/h1-14H. The maximum atomic E-state index is 10.9. The Hall–Kier alpha value is -3.58. The van der Waals surface area contributed by atoms with Crippen molar-refractivity contribution in [3.63, 3.8) is 0 Å². The highest BCUT2D eigenvalue weighted by atomic mass is 32.1. The van der Waals surface area contributed by atoms with Crippen LogP contribution in [0.5, 0.6) is 0 Å². The Balaban J connectivity index is 1.77. The molecule has 0 bridgehead atoms. The van der Waals surface area contributed by atoms with Crippen molar-refractivity contribution in [2.75, 3.05) is 0 Å². The number of nitro benzene ring substituents is 1. The predicted octanol–water partition coefficient (Wildman–Crippen LogP) is 5.33. The van der Waals surface area contributed by atoms with Crippen LogP contribution in [0.4, 0.5) is 16.5 Å². The Morgan fingerprint density at radius 3 is 2.15 bits per heavy atom. The number of benzene rings is 3. The molecule has 4 aromatic rings. The second-order valence-corrected chi connectivity index (χ2v) is 6.64. The van der Waals surface area contributed by atoms with E-state index >= 15 is 0 Å². The molecule has 0 aliphatic rings. The van der Waals surface area contributed by atoms with E-state index in [1.165, 1.54) is 23.5 Å². The second kappa shape index (κ2) is 7.35. The summed E-state index contributed by atoms with van der Waals surface area (Å²) in [5, 5.41) is 21.6. The zero-order valence-electron chi connectivity index (χ0n) is 14.1. The van der Waals surface area contributed by atoms with Crippen molar-refractivity contribution in [1.82, 2.24) is 5.10 Å². The van der Waals surface area contributed by atoms with Crippen LogP contribution in [-0.4, -0.2) is 10.0 Å². The summed E-state index contributed by atoms with van der Waals surface area (Å²) in [6, 6.07) is 25.8. The van der Waals surface area contributed by atoms with Gasteiger partial charge in [-0.05, 0) is 17.8 Å². The lowest BCUT2D eigenvalue weighted by Crippen LogP contribution is -2.34. The smallest absolute Gasteiger partial charge is 0.282 e. The molecule has 7 heteroatoms. The van der Waals surface area contributed by atoms with E-state index in [9.17, 15) is 10.1 Å². The summed E-state index contributed by atoms with van der Waals surface area (Å²) < 4.78 is 1.81. The van der Waals surface area contributed by atoms with Gasteiger partial charge in [-0.1, -0.05) is 59.9 Å². The third-order valence-electron chi connectivity index (χ3n) is 3.87. The fourth-order valence-corrected chi connectivity index (χ4v) is 3.52. The maximum Gasteiger partial charge on any atom is 0.282 e. The zero-order chi connectivity index (χ0) is 18.6. The quantitative estimate of drug-likeness (QED) is 0.269. The molecule has 0 saturated heterocycles. The van der Waals surface area contributed by atoms with Gasteiger partial charge in [0.05, 0.1) is 15.6 Å². The van der Waals surface area contributed by atoms with Crippen molar-refractivity contribution in [3.05, 3.63) is 100 Å². The van der Waals surface area contributed by atoms with Crippen molar-refractivity contribution in [3.8, 4) is 16.3 Å². The van der Waals surface area contributed by atoms with E-state index in [0.717, 1.165) is 21.9 Å². The first-order valence-electron chi connectivity index (χ1n) is 8.21. The first kappa shape index (κ1) is 16.9. The van der Waals surface area contributed by atoms with Gasteiger partial charge in [0, 0.05) is 24.3 Å². The molecule has 4 rings (SSSR count). The van der Waals surface area contributed by atoms with Gasteiger partial charge in [0.15, 0.2) is 0 Å². The van der Waals surface area contributed by atoms with Gasteiger partial charge in [0.2, 0.25) is 5.69 Å². The molecule has 6 nitrogen and oxygen atoms in total. The lowest BCUT2D eigenvalue weighted by molar-refractivity contribution is -0.642. The van der Waals surface area contributed by atoms with Crippen molar-refractivity contribution in [1.29, 1.82) is 0 Å². The highest BCUT2D eigenvalue weighted by Gasteiger charge is 2.19. The normalized spacial score (nSPS) is 10.5. The Morgan fingerprint density at radius 2 is 1.52 bits per heavy atom. The van der Waals surface area contributed by atoms with Crippen molar-refractivity contribution >= 4 is 27.8 Å². The van der Waals surface area contributed by atoms with E-state index < -0.39 is 4.92 Å². The Morgan fingerprint density at radius 1 is 0.889 bits per heavy atom. The first-order chi connectivity index (χ1) is 13.2. The van der Waals surface area contributed by atoms with E-state index in [1.54, 1.807) is 12.1 Å². The molecular formula is C20H14N4O2S. The lowest BCUT2D eigenvalue weighted by atomic mass is 10.2. The Labute approximate surface area is 159 Å². The third-order valence-corrected chi connectivity index (χ3v) is 4.83. The van der Waals surface area contributed by atoms with Crippen molar-refractivity contribution in [2.45, 2.75) is 0 Å². The van der Waals surface area contributed by atoms with Crippen molar-refractivity contribution in [2.24, 2.45) is 0 Å². The molecular weight excluding hydrogens is 360 g/mol. The van der Waals surface area contributed by atoms with Crippen LogP contribution >= 0.6 is 11.3 Å². The topological polar surface area (TPSA) is 74.0 Å². The molecule has 0 radical (unpaired) electrons. The molecule has 0 saturated carbocycles. The van der Waals surface area contributed by atoms with E-state index in [2.05, 4.69) is 10.4 Å². The van der Waals surface area contributed by atoms with Crippen LogP contribution in [0.2, 0.25) is 0 Å². The largest absolute Gasteiger partial charge is 0.423 e. The highest BCUT2D eigenvalue weighted by Crippen LogP contribution is 2.36. The number of nitro groups is 1. The SMILES string of the molecule is O=[N+]([O-])c1ccc(-c2sc([N-]c3ccccc3)n[n+]2-c2ccccc2)cc1. The molecule has 0 fully saturated rings. The summed E-state index contributed by atoms with van der Waals surface area (Å²) in [5.74, 6) is 0. The fraction of sp³-hybridized carbons (Fsp3) is 0. The summed E-state index contributed by atoms with van der Waals surface area (Å²) in [6.45, 7) is 0. The molecule has 0 spiro atoms. The van der Waals surface area contributed by atoms with Gasteiger partial charge in [-0.25, -0.2) is 0 Å². The number of rotatable bonds is 5. The van der Waals surface area contributed by atoms with Crippen LogP contribution in [0.15, 0.2) is 84.9 Å². The van der Waals surface area contributed by atoms with Gasteiger partial charge < -0.3 is 5.32 Å². The van der Waals surface area contributed by atoms with Gasteiger partial charge in [0.1, 0.15) is 0 Å². The fourth-order valence-electron chi connectivity index (χ4n) is 2.59. The molecule has 1 aromatic heterocycles. The molecule has 0 atom stereocenters. The lowest BCUT2D eigenvalue weighted by Gasteiger charge is -2.06. The summed E-state index contributed by atoms with van der Waals surface area (Å²) in [7, 11) is 0. The Kier molecular flexibility index (Phi) is 4.59. The molecule has 0 amide bonds. The molecule has 0 aliphatic heterocycles. The Bertz CT molecular complexity index is 1060. The summed E-state index contributed by atoms with van der Waals surface area (Å²) in [5.41, 5.74) is 2.62. The van der Waals surface area contributed by atoms with E-state index in [0.29, 0.717) is 5.13 Å². The van der Waals surface area contributed by atoms with Crippen LogP contribution in [0.3, 0.4) is 0 Å². The molecule has 1 heterocycles. The second-order valence-electron chi connectivity index (χ2n) is 5.69. The third kappa shape index (κ3) is 3.68. The number of aromatic nitrogens is 2. The van der Waals surface area contributed by atoms with E-state index in [4.69, 9.17) is 0 Å². The first-order valence-corrected chi connectivity index (χ1v) is 9.02. The van der Waals surface area contributed by atoms with Crippen LogP contribution in [0.1, 0.15) is 0 Å². The average molecular weight is 374 g/mol. The van der Waals surface area contributed by atoms with Gasteiger partial charge in [0.25, 0.3) is 10.7 Å². The number of nitrogens with zero attached hydrogens (tertiary/aromatic N) is 4. The molecule has 0 aliphatic carbocycles. The van der Waals surface area contributed by atoms with Gasteiger partial charge in [-0.2, -0.15) is 5.10 Å². The summed E-state index contributed by atoms with van der Waals surface area (Å²) in [6.07, 6.45) is 0. The van der Waals surface area contributed by atoms with Gasteiger partial charge in [-0.3, -0.25) is 10.1 Å². The van der Waals surface area contributed by atoms with Crippen LogP contribution < -0.4 is 4.68 Å². The average Bonchev–Trinajstić information content (AvgIpc) is 3.13. The minimum atomic E-state index is -0.405. The minimum absolute atomic E-state index is 0.0590. The van der Waals surface area contributed by atoms with Crippen LogP contribution in [0, 0.1) is 10.1 Å². The highest BCUT2D eigenvalue weighted by molar-refractivity contribution is 7.18. The minimum Gasteiger partial charge on any atom is -0.423 e. The summed E-state index contributed by atoms with van der Waals surface area (Å²) >= 11 is 1.43. The molecule has 0 N–H and O–H groups in total. The van der Waals surface area contributed by atoms with Crippen LogP contribution in [-0.2, 0) is 0 Å². The molecule has 0 unspecified atom stereocenters. The van der Waals surface area contributed by atoms with E-state index in [-0.39, 0.29) is 5.69 Å². The molecule has 3 aromatic carbocycles. The number of hydrogen-bond donors (Lipinski definition) is 0. The number of non-ortho nitro benzene ring substituents is 1. The molecule has 132 valence electrons. The molecule has 27 heavy (non-hydrogen) atoms. The number of para-hydroxylation sites is 2. The summed E-state index contributed by atoms with van der Waals surface area (Å²) in [4.78, 5) is 10.5. The van der Waals surface area contributed by atoms with Crippen molar-refractivity contribution < 1.29 is 9.61 Å². The van der Waals surface area contributed by atoms with E-state index in [1.807, 2.05) is 65.3 Å². The predicted molar refractivity (Wildman–Crippen MR) is 105 cm³/mol. The van der Waals surface area contributed by atoms with Gasteiger partial charge in [-0.15, -0.1) is 4.68 Å². The van der Waals surface area contributed by atoms with Crippen LogP contribution in [0.25, 0.3) is 21.6 Å². The van der Waals surface area contributed by atoms with Gasteiger partial charge >= 0.3 is 0 Å². The number of hydrogen-bond acceptors (Lipinski definition) is 4. The zero-order valence-corrected chi connectivity index (χ0v) is 14.9. The maximum absolute atomic E-state index is 10.9. The monoisotopic (exact) mass is 374 g/mol.